The Morgan fingerprint density at radius 2 is 1.04 bits per heavy atom. The summed E-state index contributed by atoms with van der Waals surface area (Å²) in [5, 5.41) is 43.0. The summed E-state index contributed by atoms with van der Waals surface area (Å²) < 4.78 is 0. The minimum atomic E-state index is -1.95. The molecule has 6 heteroatoms. The summed E-state index contributed by atoms with van der Waals surface area (Å²) in [6.45, 7) is 2.54. The van der Waals surface area contributed by atoms with Crippen LogP contribution in [0.25, 0.3) is 0 Å². The van der Waals surface area contributed by atoms with Crippen molar-refractivity contribution in [1.29, 1.82) is 0 Å². The van der Waals surface area contributed by atoms with Gasteiger partial charge in [-0.1, -0.05) is 30.7 Å². The average Bonchev–Trinajstić information content (AvgIpc) is 2.46. The van der Waals surface area contributed by atoms with Crippen LogP contribution >= 0.6 is 0 Å². The number of aliphatic hydroxyl groups is 4. The second kappa shape index (κ2) is 6.55. The second-order valence-electron chi connectivity index (χ2n) is 7.38. The van der Waals surface area contributed by atoms with Crippen LogP contribution in [-0.4, -0.2) is 32.2 Å². The number of benzene rings is 2. The zero-order chi connectivity index (χ0) is 19.0. The largest absolute Gasteiger partial charge is 0.349 e. The van der Waals surface area contributed by atoms with Crippen LogP contribution in [0.15, 0.2) is 48.5 Å². The molecule has 0 bridgehead atoms. The molecule has 0 heterocycles. The first-order valence-corrected chi connectivity index (χ1v) is 8.74. The van der Waals surface area contributed by atoms with E-state index in [1.165, 1.54) is 25.0 Å². The normalized spacial score (nSPS) is 16.7. The van der Waals surface area contributed by atoms with Gasteiger partial charge in [0.25, 0.3) is 0 Å². The maximum absolute atomic E-state index is 9.45. The lowest BCUT2D eigenvalue weighted by Crippen LogP contribution is -2.36. The zero-order valence-corrected chi connectivity index (χ0v) is 15.0. The summed E-state index contributed by atoms with van der Waals surface area (Å²) in [5.41, 5.74) is 3.59. The number of hydrogen-bond acceptors (Lipinski definition) is 6. The minimum Gasteiger partial charge on any atom is -0.349 e. The van der Waals surface area contributed by atoms with Crippen LogP contribution in [0.4, 0.5) is 11.4 Å². The third-order valence-electron chi connectivity index (χ3n) is 4.84. The van der Waals surface area contributed by atoms with E-state index in [9.17, 15) is 20.4 Å². The molecule has 0 amide bonds. The molecule has 140 valence electrons. The number of rotatable bonds is 6. The van der Waals surface area contributed by atoms with Gasteiger partial charge in [0, 0.05) is 30.6 Å². The van der Waals surface area contributed by atoms with Crippen molar-refractivity contribution < 1.29 is 20.4 Å². The molecule has 0 saturated heterocycles. The fourth-order valence-corrected chi connectivity index (χ4v) is 3.57. The van der Waals surface area contributed by atoms with Gasteiger partial charge in [-0.2, -0.15) is 0 Å². The van der Waals surface area contributed by atoms with Gasteiger partial charge in [-0.3, -0.25) is 0 Å². The van der Waals surface area contributed by atoms with Crippen LogP contribution in [0.3, 0.4) is 0 Å². The Hall–Kier alpha value is -2.12. The first-order chi connectivity index (χ1) is 12.1. The van der Waals surface area contributed by atoms with Gasteiger partial charge in [0.2, 0.25) is 11.8 Å². The highest BCUT2D eigenvalue weighted by Crippen LogP contribution is 2.49. The summed E-state index contributed by atoms with van der Waals surface area (Å²) >= 11 is 0. The Bertz CT molecular complexity index is 678. The van der Waals surface area contributed by atoms with E-state index in [2.05, 4.69) is 10.6 Å². The molecule has 0 aliphatic heterocycles. The van der Waals surface area contributed by atoms with Gasteiger partial charge >= 0.3 is 0 Å². The minimum absolute atomic E-state index is 0.0550. The van der Waals surface area contributed by atoms with E-state index in [0.29, 0.717) is 11.4 Å². The molecule has 1 fully saturated rings. The highest BCUT2D eigenvalue weighted by atomic mass is 16.5. The Balaban J connectivity index is 1.83. The summed E-state index contributed by atoms with van der Waals surface area (Å²) in [4.78, 5) is 0. The molecule has 0 spiro atoms. The highest BCUT2D eigenvalue weighted by Gasteiger charge is 2.40. The van der Waals surface area contributed by atoms with Crippen LogP contribution < -0.4 is 10.6 Å². The van der Waals surface area contributed by atoms with Crippen molar-refractivity contribution >= 4 is 11.4 Å². The van der Waals surface area contributed by atoms with E-state index in [4.69, 9.17) is 0 Å². The Morgan fingerprint density at radius 1 is 0.692 bits per heavy atom. The lowest BCUT2D eigenvalue weighted by molar-refractivity contribution is -0.119. The van der Waals surface area contributed by atoms with Gasteiger partial charge < -0.3 is 31.1 Å². The van der Waals surface area contributed by atoms with Crippen molar-refractivity contribution in [3.05, 3.63) is 59.7 Å². The average molecular weight is 358 g/mol. The molecular formula is C20H26N2O4. The smallest absolute Gasteiger partial charge is 0.241 e. The van der Waals surface area contributed by atoms with Gasteiger partial charge in [0.05, 0.1) is 0 Å². The molecule has 1 aliphatic rings. The molecule has 6 N–H and O–H groups in total. The van der Waals surface area contributed by atoms with Crippen molar-refractivity contribution in [3.8, 4) is 0 Å². The monoisotopic (exact) mass is 358 g/mol. The third-order valence-corrected chi connectivity index (χ3v) is 4.84. The topological polar surface area (TPSA) is 105 Å². The summed E-state index contributed by atoms with van der Waals surface area (Å²) in [5.74, 6) is -3.90. The SMILES string of the molecule is CC(O)(O)Nc1ccc(C2(c3ccc(NC(C)(O)O)cc3)CCC2)cc1. The Morgan fingerprint density at radius 3 is 1.27 bits per heavy atom. The zero-order valence-electron chi connectivity index (χ0n) is 15.0. The molecule has 1 aliphatic carbocycles. The van der Waals surface area contributed by atoms with E-state index in [-0.39, 0.29) is 5.41 Å². The highest BCUT2D eigenvalue weighted by molar-refractivity contribution is 5.53. The summed E-state index contributed by atoms with van der Waals surface area (Å²) in [7, 11) is 0. The first-order valence-electron chi connectivity index (χ1n) is 8.74. The van der Waals surface area contributed by atoms with E-state index >= 15 is 0 Å². The predicted octanol–water partition coefficient (Wildman–Crippen LogP) is 2.30. The van der Waals surface area contributed by atoms with Crippen molar-refractivity contribution in [2.24, 2.45) is 0 Å². The molecule has 0 atom stereocenters. The van der Waals surface area contributed by atoms with E-state index in [1.54, 1.807) is 0 Å². The van der Waals surface area contributed by atoms with Gasteiger partial charge in [-0.25, -0.2) is 0 Å². The molecule has 0 unspecified atom stereocenters. The van der Waals surface area contributed by atoms with Crippen molar-refractivity contribution in [2.75, 3.05) is 10.6 Å². The van der Waals surface area contributed by atoms with Crippen molar-refractivity contribution in [1.82, 2.24) is 0 Å². The Labute approximate surface area is 153 Å². The third kappa shape index (κ3) is 4.16. The maximum atomic E-state index is 9.45. The predicted molar refractivity (Wildman–Crippen MR) is 100 cm³/mol. The lowest BCUT2D eigenvalue weighted by atomic mass is 9.60. The van der Waals surface area contributed by atoms with Gasteiger partial charge in [-0.15, -0.1) is 0 Å². The number of nitrogens with one attached hydrogen (secondary N) is 2. The standard InChI is InChI=1S/C20H26N2O4/c1-18(23,24)21-16-8-4-14(5-9-16)20(12-3-13-20)15-6-10-17(11-7-15)22-19(2,25)26/h4-11,21-26H,3,12-13H2,1-2H3. The summed E-state index contributed by atoms with van der Waals surface area (Å²) in [6.07, 6.45) is 3.24. The molecule has 1 saturated carbocycles. The van der Waals surface area contributed by atoms with Crippen molar-refractivity contribution in [3.63, 3.8) is 0 Å². The van der Waals surface area contributed by atoms with Crippen LogP contribution in [-0.2, 0) is 5.41 Å². The molecule has 2 aromatic rings. The van der Waals surface area contributed by atoms with E-state index < -0.39 is 11.8 Å². The quantitative estimate of drug-likeness (QED) is 0.443. The maximum Gasteiger partial charge on any atom is 0.241 e. The van der Waals surface area contributed by atoms with Crippen LogP contribution in [0.5, 0.6) is 0 Å². The van der Waals surface area contributed by atoms with Crippen LogP contribution in [0.1, 0.15) is 44.2 Å². The Kier molecular flexibility index (Phi) is 4.71. The molecule has 3 rings (SSSR count). The van der Waals surface area contributed by atoms with Crippen LogP contribution in [0.2, 0.25) is 0 Å². The second-order valence-corrected chi connectivity index (χ2v) is 7.38. The first kappa shape index (κ1) is 18.7. The van der Waals surface area contributed by atoms with Crippen molar-refractivity contribution in [2.45, 2.75) is 50.3 Å². The molecule has 0 radical (unpaired) electrons. The number of anilines is 2. The fraction of sp³-hybridized carbons (Fsp3) is 0.400. The molecular weight excluding hydrogens is 332 g/mol. The van der Waals surface area contributed by atoms with Gasteiger partial charge in [0.15, 0.2) is 0 Å². The van der Waals surface area contributed by atoms with Gasteiger partial charge in [0.1, 0.15) is 0 Å². The fourth-order valence-electron chi connectivity index (χ4n) is 3.57. The molecule has 2 aromatic carbocycles. The van der Waals surface area contributed by atoms with Gasteiger partial charge in [-0.05, 0) is 48.2 Å². The molecule has 0 aromatic heterocycles. The number of hydrogen-bond donors (Lipinski definition) is 6. The summed E-state index contributed by atoms with van der Waals surface area (Å²) in [6, 6.07) is 15.4. The van der Waals surface area contributed by atoms with E-state index in [1.807, 2.05) is 48.5 Å². The molecule has 6 nitrogen and oxygen atoms in total. The molecule has 26 heavy (non-hydrogen) atoms. The van der Waals surface area contributed by atoms with E-state index in [0.717, 1.165) is 19.3 Å². The van der Waals surface area contributed by atoms with Crippen LogP contribution in [0, 0.1) is 0 Å². The lowest BCUT2D eigenvalue weighted by Gasteiger charge is -2.43.